The molecule has 0 aliphatic heterocycles. The summed E-state index contributed by atoms with van der Waals surface area (Å²) in [6.07, 6.45) is 1.31. The molecule has 0 aliphatic rings. The van der Waals surface area contributed by atoms with Crippen LogP contribution in [0.15, 0.2) is 199 Å². The Balaban J connectivity index is 0.876. The summed E-state index contributed by atoms with van der Waals surface area (Å²) < 4.78 is 29.4. The summed E-state index contributed by atoms with van der Waals surface area (Å²) in [4.78, 5) is 24.0. The van der Waals surface area contributed by atoms with Gasteiger partial charge in [0, 0.05) is 67.8 Å². The first-order chi connectivity index (χ1) is 36.5. The second-order valence-corrected chi connectivity index (χ2v) is 24.6. The van der Waals surface area contributed by atoms with Gasteiger partial charge in [0.1, 0.15) is 23.0 Å². The summed E-state index contributed by atoms with van der Waals surface area (Å²) in [7, 11) is 0. The zero-order valence-corrected chi connectivity index (χ0v) is 44.8. The van der Waals surface area contributed by atoms with E-state index in [4.69, 9.17) is 18.9 Å². The van der Waals surface area contributed by atoms with E-state index >= 15 is 0 Å². The molecule has 0 unspecified atom stereocenters. The van der Waals surface area contributed by atoms with Crippen LogP contribution < -0.4 is 27.1 Å². The molecule has 10 aromatic carbocycles. The lowest BCUT2D eigenvalue weighted by Gasteiger charge is -2.21. The maximum Gasteiger partial charge on any atom is 0.288 e. The number of fused-ring (bicyclic) bond motifs is 6. The van der Waals surface area contributed by atoms with Crippen molar-refractivity contribution < 1.29 is 18.9 Å². The predicted molar refractivity (Wildman–Crippen MR) is 317 cm³/mol. The molecule has 2 heterocycles. The molecule has 366 valence electrons. The lowest BCUT2D eigenvalue weighted by molar-refractivity contribution is 0.249. The van der Waals surface area contributed by atoms with Gasteiger partial charge in [0.2, 0.25) is 0 Å². The van der Waals surface area contributed by atoms with E-state index in [1.807, 2.05) is 10.8 Å². The molecule has 0 spiro atoms. The van der Waals surface area contributed by atoms with Gasteiger partial charge in [-0.05, 0) is 78.5 Å². The van der Waals surface area contributed by atoms with Crippen molar-refractivity contribution in [2.75, 3.05) is 26.4 Å². The molecule has 12 aromatic rings. The van der Waals surface area contributed by atoms with Gasteiger partial charge < -0.3 is 18.9 Å². The summed E-state index contributed by atoms with van der Waals surface area (Å²) in [6, 6.07) is 59.8. The van der Waals surface area contributed by atoms with Crippen LogP contribution in [0, 0.1) is 0 Å². The fourth-order valence-corrected chi connectivity index (χ4v) is 15.6. The second-order valence-electron chi connectivity index (χ2n) is 17.8. The van der Waals surface area contributed by atoms with E-state index in [1.54, 1.807) is 23.5 Å². The van der Waals surface area contributed by atoms with E-state index in [0.29, 0.717) is 39.3 Å². The molecule has 0 bridgehead atoms. The zero-order chi connectivity index (χ0) is 49.8. The van der Waals surface area contributed by atoms with Crippen LogP contribution in [0.1, 0.15) is 24.0 Å². The molecule has 0 aliphatic carbocycles. The molecule has 0 radical (unpaired) electrons. The van der Waals surface area contributed by atoms with E-state index in [9.17, 15) is 9.59 Å². The fourth-order valence-electron chi connectivity index (χ4n) is 9.63. The Hall–Kier alpha value is -6.64. The van der Waals surface area contributed by atoms with E-state index in [1.165, 1.54) is 45.3 Å². The van der Waals surface area contributed by atoms with Crippen molar-refractivity contribution in [2.45, 2.75) is 32.8 Å². The third-order valence-electron chi connectivity index (χ3n) is 13.0. The van der Waals surface area contributed by atoms with Crippen LogP contribution in [0.2, 0.25) is 0 Å². The molecule has 0 atom stereocenters. The smallest absolute Gasteiger partial charge is 0.288 e. The minimum Gasteiger partial charge on any atom is -0.493 e. The Bertz CT molecular complexity index is 3760. The van der Waals surface area contributed by atoms with Crippen molar-refractivity contribution in [3.8, 4) is 34.1 Å². The summed E-state index contributed by atoms with van der Waals surface area (Å²) in [5.41, 5.74) is 4.25. The van der Waals surface area contributed by atoms with Crippen LogP contribution in [0.4, 0.5) is 0 Å². The maximum atomic E-state index is 12.0. The molecular weight excluding hydrogens is 1030 g/mol. The van der Waals surface area contributed by atoms with E-state index in [2.05, 4.69) is 170 Å². The van der Waals surface area contributed by atoms with Crippen molar-refractivity contribution >= 4 is 134 Å². The van der Waals surface area contributed by atoms with Crippen LogP contribution >= 0.6 is 68.9 Å². The van der Waals surface area contributed by atoms with Crippen molar-refractivity contribution in [1.29, 1.82) is 0 Å². The highest BCUT2D eigenvalue weighted by atomic mass is 32.2. The molecule has 0 fully saturated rings. The van der Waals surface area contributed by atoms with Crippen molar-refractivity contribution in [1.82, 2.24) is 0 Å². The first-order valence-electron chi connectivity index (χ1n) is 24.4. The van der Waals surface area contributed by atoms with Crippen molar-refractivity contribution in [3.63, 3.8) is 0 Å². The highest BCUT2D eigenvalue weighted by Gasteiger charge is 2.21. The predicted octanol–water partition coefficient (Wildman–Crippen LogP) is 17.5. The molecule has 12 heteroatoms. The standard InChI is InChI=1S/C62H46O6S6/c63-61-71-37-55(73-61)69-35-39-19-23-47-45(31-39)21-25-53(65-27-9-29-67-59-49-15-5-1-11-41(49)33-42-12-2-6-16-50(42)59)57(47)58-48-24-20-40(36-70-56-38-72-62(64)74-56)32-46(48)22-26-54(58)66-28-10-30-68-60-51-17-7-3-13-43(51)34-44-14-4-8-18-52(44)60/h1-8,11-26,31-34,37-38H,9-10,27-30,35-36H2. The number of rotatable bonds is 19. The van der Waals surface area contributed by atoms with Crippen molar-refractivity contribution in [2.24, 2.45) is 0 Å². The Morgan fingerprint density at radius 3 is 1.11 bits per heavy atom. The second kappa shape index (κ2) is 22.1. The molecule has 0 N–H and O–H groups in total. The molecule has 6 nitrogen and oxygen atoms in total. The third kappa shape index (κ3) is 10.4. The Morgan fingerprint density at radius 2 is 0.730 bits per heavy atom. The maximum absolute atomic E-state index is 12.0. The van der Waals surface area contributed by atoms with Gasteiger partial charge in [-0.15, -0.1) is 23.5 Å². The number of thioether (sulfide) groups is 2. The summed E-state index contributed by atoms with van der Waals surface area (Å²) >= 11 is 8.50. The zero-order valence-electron chi connectivity index (χ0n) is 39.9. The largest absolute Gasteiger partial charge is 0.493 e. The molecule has 12 rings (SSSR count). The average molecular weight is 1080 g/mol. The average Bonchev–Trinajstić information content (AvgIpc) is 4.07. The molecule has 2 aromatic heterocycles. The van der Waals surface area contributed by atoms with Gasteiger partial charge in [0.15, 0.2) is 0 Å². The molecule has 0 amide bonds. The minimum absolute atomic E-state index is 0.113. The number of hydrogen-bond acceptors (Lipinski definition) is 12. The lowest BCUT2D eigenvalue weighted by atomic mass is 9.91. The molecule has 0 saturated carbocycles. The third-order valence-corrected chi connectivity index (χ3v) is 19.7. The lowest BCUT2D eigenvalue weighted by Crippen LogP contribution is -2.08. The van der Waals surface area contributed by atoms with E-state index in [0.717, 1.165) is 130 Å². The summed E-state index contributed by atoms with van der Waals surface area (Å²) in [5.74, 6) is 4.78. The Morgan fingerprint density at radius 1 is 0.365 bits per heavy atom. The van der Waals surface area contributed by atoms with Crippen LogP contribution in [0.5, 0.6) is 23.0 Å². The van der Waals surface area contributed by atoms with Crippen LogP contribution in [-0.2, 0) is 11.5 Å². The molecule has 74 heavy (non-hydrogen) atoms. The number of hydrogen-bond donors (Lipinski definition) is 0. The molecular formula is C62H46O6S6. The van der Waals surface area contributed by atoms with E-state index < -0.39 is 0 Å². The van der Waals surface area contributed by atoms with Gasteiger partial charge in [0.25, 0.3) is 8.11 Å². The minimum atomic E-state index is 0.113. The van der Waals surface area contributed by atoms with Gasteiger partial charge >= 0.3 is 0 Å². The summed E-state index contributed by atoms with van der Waals surface area (Å²) in [5, 5.41) is 17.1. The van der Waals surface area contributed by atoms with Crippen LogP contribution in [-0.4, -0.2) is 26.4 Å². The van der Waals surface area contributed by atoms with Gasteiger partial charge in [-0.3, -0.25) is 9.59 Å². The highest BCUT2D eigenvalue weighted by Crippen LogP contribution is 2.47. The monoisotopic (exact) mass is 1080 g/mol. The Kier molecular flexibility index (Phi) is 14.4. The molecule has 0 saturated heterocycles. The summed E-state index contributed by atoms with van der Waals surface area (Å²) in [6.45, 7) is 1.80. The topological polar surface area (TPSA) is 71.1 Å². The van der Waals surface area contributed by atoms with Crippen molar-refractivity contribution in [3.05, 3.63) is 209 Å². The van der Waals surface area contributed by atoms with Gasteiger partial charge in [-0.1, -0.05) is 191 Å². The quantitative estimate of drug-likeness (QED) is 0.0451. The SMILES string of the molecule is O=c1scc(SCc2ccc3c(-c4c(OCCCOc5c6ccccc6cc6ccccc56)ccc5cc(CSc6csc(=O)s6)ccc45)c(OCCCOc4c5ccccc5cc5ccccc45)ccc3c2)s1. The van der Waals surface area contributed by atoms with Gasteiger partial charge in [-0.25, -0.2) is 0 Å². The van der Waals surface area contributed by atoms with Gasteiger partial charge in [-0.2, -0.15) is 0 Å². The van der Waals surface area contributed by atoms with Crippen LogP contribution in [0.25, 0.3) is 75.8 Å². The normalized spacial score (nSPS) is 11.6. The van der Waals surface area contributed by atoms with Gasteiger partial charge in [0.05, 0.1) is 34.8 Å². The first-order valence-corrected chi connectivity index (χ1v) is 29.7. The first kappa shape index (κ1) is 48.3. The fraction of sp³-hybridized carbons (Fsp3) is 0.129. The number of ether oxygens (including phenoxy) is 4. The Labute approximate surface area is 451 Å². The van der Waals surface area contributed by atoms with Crippen LogP contribution in [0.3, 0.4) is 0 Å². The highest BCUT2D eigenvalue weighted by molar-refractivity contribution is 8.00. The van der Waals surface area contributed by atoms with E-state index in [-0.39, 0.29) is 8.11 Å². The number of benzene rings is 10.